The molecular weight excluding hydrogens is 316 g/mol. The third-order valence-electron chi connectivity index (χ3n) is 5.08. The highest BCUT2D eigenvalue weighted by Gasteiger charge is 2.32. The number of amides is 2. The molecule has 2 aromatic rings. The van der Waals surface area contributed by atoms with Crippen LogP contribution in [0, 0.1) is 0 Å². The van der Waals surface area contributed by atoms with E-state index in [9.17, 15) is 9.59 Å². The minimum absolute atomic E-state index is 0.0523. The van der Waals surface area contributed by atoms with Gasteiger partial charge >= 0.3 is 6.09 Å². The van der Waals surface area contributed by atoms with Gasteiger partial charge in [-0.15, -0.1) is 0 Å². The predicted molar refractivity (Wildman–Crippen MR) is 94.0 cm³/mol. The summed E-state index contributed by atoms with van der Waals surface area (Å²) in [5, 5.41) is 2.68. The Bertz CT molecular complexity index is 760. The van der Waals surface area contributed by atoms with Gasteiger partial charge in [0, 0.05) is 12.5 Å². The summed E-state index contributed by atoms with van der Waals surface area (Å²) in [4.78, 5) is 24.7. The molecule has 5 nitrogen and oxygen atoms in total. The van der Waals surface area contributed by atoms with Gasteiger partial charge in [-0.05, 0) is 35.1 Å². The second-order valence-corrected chi connectivity index (χ2v) is 6.44. The van der Waals surface area contributed by atoms with E-state index in [4.69, 9.17) is 4.74 Å². The first kappa shape index (κ1) is 15.7. The molecule has 4 rings (SSSR count). The first-order valence-corrected chi connectivity index (χ1v) is 8.61. The summed E-state index contributed by atoms with van der Waals surface area (Å²) in [5.74, 6) is 0.0523. The fourth-order valence-corrected chi connectivity index (χ4v) is 3.91. The lowest BCUT2D eigenvalue weighted by Gasteiger charge is -2.24. The molecule has 0 bridgehead atoms. The standard InChI is InChI=1S/C20H20N2O3/c23-13-21-19-10-5-11-22(19)20(24)25-12-18-16-8-3-1-6-14(16)15-7-2-4-9-17(15)18/h1-4,6-9,13,18-19H,5,10-12H2,(H,21,23)/t19-/m0/s1. The normalized spacial score (nSPS) is 18.6. The molecular formula is C20H20N2O3. The smallest absolute Gasteiger partial charge is 0.411 e. The number of rotatable bonds is 4. The van der Waals surface area contributed by atoms with Crippen LogP contribution in [0.2, 0.25) is 0 Å². The first-order chi connectivity index (χ1) is 12.3. The fourth-order valence-electron chi connectivity index (χ4n) is 3.91. The highest BCUT2D eigenvalue weighted by molar-refractivity contribution is 5.79. The van der Waals surface area contributed by atoms with Crippen LogP contribution in [0.3, 0.4) is 0 Å². The largest absolute Gasteiger partial charge is 0.448 e. The topological polar surface area (TPSA) is 58.6 Å². The van der Waals surface area contributed by atoms with E-state index in [1.165, 1.54) is 22.3 Å². The van der Waals surface area contributed by atoms with E-state index in [0.29, 0.717) is 19.6 Å². The molecule has 1 fully saturated rings. The molecule has 1 N–H and O–H groups in total. The van der Waals surface area contributed by atoms with E-state index in [2.05, 4.69) is 29.6 Å². The number of benzene rings is 2. The highest BCUT2D eigenvalue weighted by atomic mass is 16.6. The van der Waals surface area contributed by atoms with Crippen molar-refractivity contribution in [2.45, 2.75) is 24.9 Å². The summed E-state index contributed by atoms with van der Waals surface area (Å²) in [6.45, 7) is 0.916. The molecule has 0 spiro atoms. The lowest BCUT2D eigenvalue weighted by Crippen LogP contribution is -2.44. The van der Waals surface area contributed by atoms with Crippen LogP contribution >= 0.6 is 0 Å². The van der Waals surface area contributed by atoms with E-state index in [1.807, 2.05) is 24.3 Å². The predicted octanol–water partition coefficient (Wildman–Crippen LogP) is 3.10. The average Bonchev–Trinajstić information content (AvgIpc) is 3.23. The van der Waals surface area contributed by atoms with Gasteiger partial charge in [0.05, 0.1) is 0 Å². The number of ether oxygens (including phenoxy) is 1. The van der Waals surface area contributed by atoms with Crippen LogP contribution in [0.4, 0.5) is 4.79 Å². The molecule has 25 heavy (non-hydrogen) atoms. The SMILES string of the molecule is O=CN[C@@H]1CCCN1C(=O)OCC1c2ccccc2-c2ccccc21. The lowest BCUT2D eigenvalue weighted by atomic mass is 9.98. The summed E-state index contributed by atoms with van der Waals surface area (Å²) in [7, 11) is 0. The van der Waals surface area contributed by atoms with E-state index >= 15 is 0 Å². The Morgan fingerprint density at radius 2 is 1.76 bits per heavy atom. The second kappa shape index (κ2) is 6.59. The first-order valence-electron chi connectivity index (χ1n) is 8.61. The van der Waals surface area contributed by atoms with Gasteiger partial charge in [-0.25, -0.2) is 4.79 Å². The van der Waals surface area contributed by atoms with Crippen molar-refractivity contribution in [2.24, 2.45) is 0 Å². The van der Waals surface area contributed by atoms with Crippen LogP contribution in [0.5, 0.6) is 0 Å². The van der Waals surface area contributed by atoms with Crippen molar-refractivity contribution >= 4 is 12.5 Å². The van der Waals surface area contributed by atoms with Crippen LogP contribution in [0.1, 0.15) is 29.9 Å². The van der Waals surface area contributed by atoms with E-state index in [0.717, 1.165) is 12.8 Å². The van der Waals surface area contributed by atoms with Gasteiger partial charge in [-0.1, -0.05) is 48.5 Å². The Hall–Kier alpha value is -2.82. The summed E-state index contributed by atoms with van der Waals surface area (Å²) in [6.07, 6.45) is 1.66. The number of hydrogen-bond acceptors (Lipinski definition) is 3. The zero-order valence-corrected chi connectivity index (χ0v) is 13.9. The molecule has 2 aromatic carbocycles. The van der Waals surface area contributed by atoms with Crippen LogP contribution < -0.4 is 5.32 Å². The van der Waals surface area contributed by atoms with E-state index in [1.54, 1.807) is 4.90 Å². The van der Waals surface area contributed by atoms with Gasteiger partial charge < -0.3 is 10.1 Å². The van der Waals surface area contributed by atoms with Crippen LogP contribution in [0.25, 0.3) is 11.1 Å². The zero-order chi connectivity index (χ0) is 17.2. The molecule has 2 amide bonds. The molecule has 1 heterocycles. The molecule has 1 aliphatic carbocycles. The zero-order valence-electron chi connectivity index (χ0n) is 13.9. The number of nitrogens with zero attached hydrogens (tertiary/aromatic N) is 1. The number of carbonyl (C=O) groups excluding carboxylic acids is 2. The maximum absolute atomic E-state index is 12.5. The van der Waals surface area contributed by atoms with Crippen molar-refractivity contribution in [2.75, 3.05) is 13.2 Å². The Kier molecular flexibility index (Phi) is 4.14. The maximum Gasteiger partial charge on any atom is 0.411 e. The molecule has 1 atom stereocenters. The summed E-state index contributed by atoms with van der Waals surface area (Å²) in [6, 6.07) is 16.5. The molecule has 2 aliphatic rings. The van der Waals surface area contributed by atoms with Crippen molar-refractivity contribution in [3.05, 3.63) is 59.7 Å². The van der Waals surface area contributed by atoms with Crippen molar-refractivity contribution in [1.29, 1.82) is 0 Å². The van der Waals surface area contributed by atoms with Crippen LogP contribution in [-0.4, -0.2) is 36.7 Å². The quantitative estimate of drug-likeness (QED) is 0.873. The average molecular weight is 336 g/mol. The minimum Gasteiger partial charge on any atom is -0.448 e. The Morgan fingerprint density at radius 1 is 1.12 bits per heavy atom. The molecule has 0 saturated carbocycles. The van der Waals surface area contributed by atoms with Gasteiger partial charge in [0.25, 0.3) is 0 Å². The van der Waals surface area contributed by atoms with Crippen LogP contribution in [-0.2, 0) is 9.53 Å². The van der Waals surface area contributed by atoms with Gasteiger partial charge in [0.2, 0.25) is 6.41 Å². The van der Waals surface area contributed by atoms with Gasteiger partial charge in [-0.3, -0.25) is 9.69 Å². The summed E-state index contributed by atoms with van der Waals surface area (Å²) in [5.41, 5.74) is 4.81. The van der Waals surface area contributed by atoms with Gasteiger partial charge in [0.1, 0.15) is 12.8 Å². The van der Waals surface area contributed by atoms with Crippen molar-refractivity contribution < 1.29 is 14.3 Å². The van der Waals surface area contributed by atoms with Crippen molar-refractivity contribution in [3.8, 4) is 11.1 Å². The van der Waals surface area contributed by atoms with Crippen LogP contribution in [0.15, 0.2) is 48.5 Å². The highest BCUT2D eigenvalue weighted by Crippen LogP contribution is 2.44. The van der Waals surface area contributed by atoms with Gasteiger partial charge in [-0.2, -0.15) is 0 Å². The Morgan fingerprint density at radius 3 is 2.40 bits per heavy atom. The summed E-state index contributed by atoms with van der Waals surface area (Å²) < 4.78 is 5.63. The molecule has 128 valence electrons. The molecule has 5 heteroatoms. The molecule has 0 aromatic heterocycles. The third kappa shape index (κ3) is 2.76. The molecule has 0 radical (unpaired) electrons. The van der Waals surface area contributed by atoms with Crippen molar-refractivity contribution in [1.82, 2.24) is 10.2 Å². The Balaban J connectivity index is 1.51. The van der Waals surface area contributed by atoms with E-state index in [-0.39, 0.29) is 18.2 Å². The molecule has 1 saturated heterocycles. The number of carbonyl (C=O) groups is 2. The fraction of sp³-hybridized carbons (Fsp3) is 0.300. The second-order valence-electron chi connectivity index (χ2n) is 6.44. The maximum atomic E-state index is 12.5. The number of hydrogen-bond donors (Lipinski definition) is 1. The molecule has 1 aliphatic heterocycles. The number of nitrogens with one attached hydrogen (secondary N) is 1. The number of likely N-dealkylation sites (tertiary alicyclic amines) is 1. The number of fused-ring (bicyclic) bond motifs is 3. The van der Waals surface area contributed by atoms with E-state index < -0.39 is 0 Å². The third-order valence-corrected chi connectivity index (χ3v) is 5.08. The van der Waals surface area contributed by atoms with Crippen molar-refractivity contribution in [3.63, 3.8) is 0 Å². The van der Waals surface area contributed by atoms with Gasteiger partial charge in [0.15, 0.2) is 0 Å². The summed E-state index contributed by atoms with van der Waals surface area (Å²) >= 11 is 0. The monoisotopic (exact) mass is 336 g/mol. The minimum atomic E-state index is -0.362. The lowest BCUT2D eigenvalue weighted by molar-refractivity contribution is -0.110. The Labute approximate surface area is 146 Å². The molecule has 0 unspecified atom stereocenters.